The minimum Gasteiger partial charge on any atom is -0.497 e. The van der Waals surface area contributed by atoms with E-state index in [1.807, 2.05) is 51.1 Å². The Morgan fingerprint density at radius 1 is 1.13 bits per heavy atom. The zero-order valence-corrected chi connectivity index (χ0v) is 18.9. The fourth-order valence-electron chi connectivity index (χ4n) is 4.37. The van der Waals surface area contributed by atoms with Crippen molar-refractivity contribution >= 4 is 17.4 Å². The number of rotatable bonds is 5. The van der Waals surface area contributed by atoms with E-state index in [-0.39, 0.29) is 5.78 Å². The highest BCUT2D eigenvalue weighted by molar-refractivity contribution is 6.29. The number of ether oxygens (including phenoxy) is 2. The third-order valence-corrected chi connectivity index (χ3v) is 6.25. The first-order chi connectivity index (χ1) is 14.8. The summed E-state index contributed by atoms with van der Waals surface area (Å²) in [5, 5.41) is 0.425. The van der Waals surface area contributed by atoms with Crippen LogP contribution in [-0.4, -0.2) is 22.9 Å². The molecule has 2 aromatic heterocycles. The molecule has 0 bridgehead atoms. The summed E-state index contributed by atoms with van der Waals surface area (Å²) in [7, 11) is 1.64. The largest absolute Gasteiger partial charge is 0.497 e. The van der Waals surface area contributed by atoms with Gasteiger partial charge in [0.2, 0.25) is 5.88 Å². The predicted molar refractivity (Wildman–Crippen MR) is 120 cm³/mol. The fraction of sp³-hybridized carbons (Fsp3) is 0.320. The van der Waals surface area contributed by atoms with Crippen LogP contribution in [0.2, 0.25) is 5.15 Å². The Kier molecular flexibility index (Phi) is 5.71. The Morgan fingerprint density at radius 3 is 2.58 bits per heavy atom. The summed E-state index contributed by atoms with van der Waals surface area (Å²) in [5.41, 5.74) is 4.37. The fourth-order valence-corrected chi connectivity index (χ4v) is 4.64. The SMILES string of the molecule is COc1ccc(COc2nccc(C)c2C2(C)CCc3nc(Cl)cc(C)c3C2=O)cc1. The highest BCUT2D eigenvalue weighted by atomic mass is 35.5. The number of Topliss-reactive ketones (excluding diaryl/α,β-unsaturated/α-hetero) is 1. The number of hydrogen-bond acceptors (Lipinski definition) is 5. The lowest BCUT2D eigenvalue weighted by molar-refractivity contribution is 0.0868. The number of methoxy groups -OCH3 is 1. The molecule has 1 aromatic carbocycles. The molecule has 160 valence electrons. The summed E-state index contributed by atoms with van der Waals surface area (Å²) in [4.78, 5) is 22.6. The average molecular weight is 437 g/mol. The number of hydrogen-bond donors (Lipinski definition) is 0. The van der Waals surface area contributed by atoms with Crippen molar-refractivity contribution in [3.63, 3.8) is 0 Å². The van der Waals surface area contributed by atoms with Crippen LogP contribution in [0.1, 0.15) is 51.7 Å². The maximum atomic E-state index is 13.7. The standard InChI is InChI=1S/C25H25ClN2O3/c1-15-10-12-27-24(31-14-17-5-7-18(30-4)8-6-17)22(15)25(3)11-9-19-21(23(25)29)16(2)13-20(26)28-19/h5-8,10,12-13H,9,11,14H2,1-4H3. The number of aryl methyl sites for hydroxylation is 3. The van der Waals surface area contributed by atoms with E-state index in [2.05, 4.69) is 9.97 Å². The van der Waals surface area contributed by atoms with Crippen LogP contribution in [0.4, 0.5) is 0 Å². The van der Waals surface area contributed by atoms with Crippen molar-refractivity contribution < 1.29 is 14.3 Å². The lowest BCUT2D eigenvalue weighted by atomic mass is 9.67. The summed E-state index contributed by atoms with van der Waals surface area (Å²) >= 11 is 6.13. The molecule has 0 aliphatic heterocycles. The molecule has 4 rings (SSSR count). The number of halogens is 1. The predicted octanol–water partition coefficient (Wildman–Crippen LogP) is 5.42. The molecule has 0 saturated carbocycles. The van der Waals surface area contributed by atoms with Gasteiger partial charge in [0.15, 0.2) is 5.78 Å². The maximum Gasteiger partial charge on any atom is 0.218 e. The van der Waals surface area contributed by atoms with Gasteiger partial charge in [0.1, 0.15) is 17.5 Å². The molecule has 6 heteroatoms. The van der Waals surface area contributed by atoms with E-state index < -0.39 is 5.41 Å². The van der Waals surface area contributed by atoms with Gasteiger partial charge >= 0.3 is 0 Å². The highest BCUT2D eigenvalue weighted by Gasteiger charge is 2.44. The molecule has 3 aromatic rings. The van der Waals surface area contributed by atoms with Crippen LogP contribution in [0.3, 0.4) is 0 Å². The van der Waals surface area contributed by atoms with Crippen molar-refractivity contribution in [1.82, 2.24) is 9.97 Å². The van der Waals surface area contributed by atoms with Crippen molar-refractivity contribution in [2.45, 2.75) is 45.6 Å². The smallest absolute Gasteiger partial charge is 0.218 e. The van der Waals surface area contributed by atoms with Gasteiger partial charge in [0, 0.05) is 17.3 Å². The molecular formula is C25H25ClN2O3. The maximum absolute atomic E-state index is 13.7. The Bertz CT molecular complexity index is 1140. The normalized spacial score (nSPS) is 17.9. The molecule has 0 spiro atoms. The average Bonchev–Trinajstić information content (AvgIpc) is 2.75. The van der Waals surface area contributed by atoms with Gasteiger partial charge in [-0.25, -0.2) is 9.97 Å². The van der Waals surface area contributed by atoms with Crippen LogP contribution in [0.25, 0.3) is 0 Å². The van der Waals surface area contributed by atoms with Crippen LogP contribution in [0.15, 0.2) is 42.6 Å². The molecule has 0 fully saturated rings. The summed E-state index contributed by atoms with van der Waals surface area (Å²) in [6.07, 6.45) is 3.02. The monoisotopic (exact) mass is 436 g/mol. The van der Waals surface area contributed by atoms with Crippen molar-refractivity contribution in [2.24, 2.45) is 0 Å². The third kappa shape index (κ3) is 3.90. The molecule has 0 saturated heterocycles. The first kappa shape index (κ1) is 21.3. The van der Waals surface area contributed by atoms with E-state index in [0.717, 1.165) is 33.7 Å². The van der Waals surface area contributed by atoms with Gasteiger partial charge in [-0.15, -0.1) is 0 Å². The molecule has 1 aliphatic rings. The number of carbonyl (C=O) groups excluding carboxylic acids is 1. The molecule has 5 nitrogen and oxygen atoms in total. The minimum absolute atomic E-state index is 0.0424. The molecule has 1 unspecified atom stereocenters. The second-order valence-electron chi connectivity index (χ2n) is 8.19. The molecule has 0 N–H and O–H groups in total. The van der Waals surface area contributed by atoms with Crippen molar-refractivity contribution in [3.05, 3.63) is 81.3 Å². The van der Waals surface area contributed by atoms with Gasteiger partial charge in [0.25, 0.3) is 0 Å². The number of nitrogens with zero attached hydrogens (tertiary/aromatic N) is 2. The molecule has 1 atom stereocenters. The highest BCUT2D eigenvalue weighted by Crippen LogP contribution is 2.43. The van der Waals surface area contributed by atoms with Crippen molar-refractivity contribution in [3.8, 4) is 11.6 Å². The summed E-state index contributed by atoms with van der Waals surface area (Å²) in [6.45, 7) is 6.24. The van der Waals surface area contributed by atoms with Crippen molar-refractivity contribution in [1.29, 1.82) is 0 Å². The Balaban J connectivity index is 1.69. The summed E-state index contributed by atoms with van der Waals surface area (Å²) in [5.74, 6) is 1.33. The van der Waals surface area contributed by atoms with E-state index in [0.29, 0.717) is 36.0 Å². The third-order valence-electron chi connectivity index (χ3n) is 6.06. The van der Waals surface area contributed by atoms with Crippen LogP contribution < -0.4 is 9.47 Å². The molecule has 1 aliphatic carbocycles. The van der Waals surface area contributed by atoms with Gasteiger partial charge in [-0.2, -0.15) is 0 Å². The Labute approximate surface area is 187 Å². The van der Waals surface area contributed by atoms with Crippen LogP contribution >= 0.6 is 11.6 Å². The summed E-state index contributed by atoms with van der Waals surface area (Å²) < 4.78 is 11.4. The molecule has 0 radical (unpaired) electrons. The van der Waals surface area contributed by atoms with Crippen molar-refractivity contribution in [2.75, 3.05) is 7.11 Å². The lowest BCUT2D eigenvalue weighted by Crippen LogP contribution is -2.39. The first-order valence-electron chi connectivity index (χ1n) is 10.3. The summed E-state index contributed by atoms with van der Waals surface area (Å²) in [6, 6.07) is 11.4. The van der Waals surface area contributed by atoms with Crippen LogP contribution in [0.5, 0.6) is 11.6 Å². The number of benzene rings is 1. The Hall–Kier alpha value is -2.92. The number of fused-ring (bicyclic) bond motifs is 1. The van der Waals surface area contributed by atoms with E-state index in [9.17, 15) is 4.79 Å². The van der Waals surface area contributed by atoms with Crippen LogP contribution in [0, 0.1) is 13.8 Å². The topological polar surface area (TPSA) is 61.3 Å². The quantitative estimate of drug-likeness (QED) is 0.499. The van der Waals surface area contributed by atoms with E-state index in [1.54, 1.807) is 19.4 Å². The first-order valence-corrected chi connectivity index (χ1v) is 10.6. The lowest BCUT2D eigenvalue weighted by Gasteiger charge is -2.35. The molecule has 0 amide bonds. The second kappa shape index (κ2) is 8.31. The van der Waals surface area contributed by atoms with E-state index in [4.69, 9.17) is 21.1 Å². The number of pyridine rings is 2. The van der Waals surface area contributed by atoms with E-state index in [1.165, 1.54) is 0 Å². The van der Waals surface area contributed by atoms with Gasteiger partial charge in [-0.05, 0) is 74.6 Å². The van der Waals surface area contributed by atoms with Gasteiger partial charge in [0.05, 0.1) is 18.2 Å². The number of carbonyl (C=O) groups is 1. The molecule has 2 heterocycles. The molecule has 31 heavy (non-hydrogen) atoms. The Morgan fingerprint density at radius 2 is 1.87 bits per heavy atom. The van der Waals surface area contributed by atoms with Gasteiger partial charge in [-0.1, -0.05) is 23.7 Å². The number of ketones is 1. The second-order valence-corrected chi connectivity index (χ2v) is 8.58. The van der Waals surface area contributed by atoms with Gasteiger partial charge < -0.3 is 9.47 Å². The minimum atomic E-state index is -0.749. The molecular weight excluding hydrogens is 412 g/mol. The van der Waals surface area contributed by atoms with Gasteiger partial charge in [-0.3, -0.25) is 4.79 Å². The van der Waals surface area contributed by atoms with Crippen LogP contribution in [-0.2, 0) is 18.4 Å². The van der Waals surface area contributed by atoms with E-state index >= 15 is 0 Å². The number of aromatic nitrogens is 2. The zero-order chi connectivity index (χ0) is 22.2. The zero-order valence-electron chi connectivity index (χ0n) is 18.2.